The van der Waals surface area contributed by atoms with Gasteiger partial charge in [0, 0.05) is 0 Å². The van der Waals surface area contributed by atoms with E-state index >= 15 is 0 Å². The lowest BCUT2D eigenvalue weighted by Gasteiger charge is -2.42. The van der Waals surface area contributed by atoms with Crippen LogP contribution in [0.3, 0.4) is 0 Å². The Morgan fingerprint density at radius 1 is 1.06 bits per heavy atom. The van der Waals surface area contributed by atoms with Gasteiger partial charge in [0.25, 0.3) is 0 Å². The summed E-state index contributed by atoms with van der Waals surface area (Å²) in [6.07, 6.45) is 2.92. The van der Waals surface area contributed by atoms with Crippen molar-refractivity contribution in [3.8, 4) is 0 Å². The molecule has 1 aromatic carbocycles. The van der Waals surface area contributed by atoms with Crippen molar-refractivity contribution < 1.29 is 5.11 Å². The second kappa shape index (κ2) is 4.38. The molecule has 1 atom stereocenters. The summed E-state index contributed by atoms with van der Waals surface area (Å²) >= 11 is 0. The third kappa shape index (κ3) is 2.21. The summed E-state index contributed by atoms with van der Waals surface area (Å²) < 4.78 is 0. The van der Waals surface area contributed by atoms with Gasteiger partial charge in [-0.15, -0.1) is 0 Å². The Kier molecular flexibility index (Phi) is 3.31. The minimum atomic E-state index is -0.323. The van der Waals surface area contributed by atoms with Gasteiger partial charge in [-0.1, -0.05) is 52.8 Å². The van der Waals surface area contributed by atoms with Crippen LogP contribution in [-0.2, 0) is 10.8 Å². The molecule has 1 aliphatic carbocycles. The van der Waals surface area contributed by atoms with Gasteiger partial charge in [0.05, 0.1) is 6.10 Å². The summed E-state index contributed by atoms with van der Waals surface area (Å²) in [6, 6.07) is 6.59. The van der Waals surface area contributed by atoms with Gasteiger partial charge in [0.15, 0.2) is 0 Å². The minimum Gasteiger partial charge on any atom is -0.388 e. The zero-order chi connectivity index (χ0) is 13.6. The van der Waals surface area contributed by atoms with Crippen molar-refractivity contribution in [3.63, 3.8) is 0 Å². The van der Waals surface area contributed by atoms with Gasteiger partial charge < -0.3 is 5.11 Å². The summed E-state index contributed by atoms with van der Waals surface area (Å²) in [4.78, 5) is 0. The Balaban J connectivity index is 2.55. The molecule has 0 saturated carbocycles. The lowest BCUT2D eigenvalue weighted by Crippen LogP contribution is -2.34. The summed E-state index contributed by atoms with van der Waals surface area (Å²) in [6.45, 7) is 11.3. The Morgan fingerprint density at radius 3 is 2.17 bits per heavy atom. The molecule has 0 saturated heterocycles. The third-order valence-electron chi connectivity index (χ3n) is 4.65. The monoisotopic (exact) mass is 246 g/mol. The normalized spacial score (nSPS) is 22.3. The van der Waals surface area contributed by atoms with Crippen LogP contribution in [0.5, 0.6) is 0 Å². The van der Waals surface area contributed by atoms with Crippen LogP contribution in [0.25, 0.3) is 0 Å². The standard InChI is InChI=1S/C17H26O/c1-6-15(18)12-7-8-13-14(11-12)17(4,5)10-9-16(13,2)3/h7-8,11,15,18H,6,9-10H2,1-5H3. The molecule has 0 aliphatic heterocycles. The van der Waals surface area contributed by atoms with Crippen molar-refractivity contribution in [2.24, 2.45) is 0 Å². The number of rotatable bonds is 2. The predicted molar refractivity (Wildman–Crippen MR) is 77.0 cm³/mol. The second-order valence-electron chi connectivity index (χ2n) is 7.00. The van der Waals surface area contributed by atoms with Crippen LogP contribution in [0.1, 0.15) is 76.7 Å². The fourth-order valence-electron chi connectivity index (χ4n) is 3.05. The highest BCUT2D eigenvalue weighted by Crippen LogP contribution is 2.46. The highest BCUT2D eigenvalue weighted by Gasteiger charge is 2.37. The van der Waals surface area contributed by atoms with E-state index in [0.717, 1.165) is 12.0 Å². The second-order valence-corrected chi connectivity index (χ2v) is 7.00. The van der Waals surface area contributed by atoms with Crippen LogP contribution in [0.4, 0.5) is 0 Å². The quantitative estimate of drug-likeness (QED) is 0.815. The third-order valence-corrected chi connectivity index (χ3v) is 4.65. The van der Waals surface area contributed by atoms with E-state index in [0.29, 0.717) is 0 Å². The van der Waals surface area contributed by atoms with Crippen LogP contribution >= 0.6 is 0 Å². The van der Waals surface area contributed by atoms with Gasteiger partial charge in [-0.3, -0.25) is 0 Å². The minimum absolute atomic E-state index is 0.230. The molecule has 1 aliphatic rings. The fourth-order valence-corrected chi connectivity index (χ4v) is 3.05. The molecule has 0 radical (unpaired) electrons. The molecule has 1 unspecified atom stereocenters. The maximum absolute atomic E-state index is 10.0. The Bertz CT molecular complexity index is 443. The molecule has 1 heteroatoms. The molecule has 0 heterocycles. The van der Waals surface area contributed by atoms with E-state index in [9.17, 15) is 5.11 Å². The molecular weight excluding hydrogens is 220 g/mol. The van der Waals surface area contributed by atoms with Crippen LogP contribution in [0.2, 0.25) is 0 Å². The van der Waals surface area contributed by atoms with Gasteiger partial charge in [-0.25, -0.2) is 0 Å². The average molecular weight is 246 g/mol. The smallest absolute Gasteiger partial charge is 0.0787 e. The molecule has 0 bridgehead atoms. The molecule has 0 aromatic heterocycles. The van der Waals surface area contributed by atoms with Crippen LogP contribution in [-0.4, -0.2) is 5.11 Å². The van der Waals surface area contributed by atoms with Gasteiger partial charge in [0.1, 0.15) is 0 Å². The molecule has 0 amide bonds. The van der Waals surface area contributed by atoms with Crippen LogP contribution in [0, 0.1) is 0 Å². The summed E-state index contributed by atoms with van der Waals surface area (Å²) in [5.41, 5.74) is 4.46. The molecule has 1 aromatic rings. The van der Waals surface area contributed by atoms with Gasteiger partial charge in [0.2, 0.25) is 0 Å². The van der Waals surface area contributed by atoms with Crippen molar-refractivity contribution in [2.45, 2.75) is 70.8 Å². The summed E-state index contributed by atoms with van der Waals surface area (Å²) in [7, 11) is 0. The van der Waals surface area contributed by atoms with Crippen molar-refractivity contribution in [1.82, 2.24) is 0 Å². The predicted octanol–water partition coefficient (Wildman–Crippen LogP) is 4.48. The van der Waals surface area contributed by atoms with Crippen molar-refractivity contribution >= 4 is 0 Å². The summed E-state index contributed by atoms with van der Waals surface area (Å²) in [5.74, 6) is 0. The van der Waals surface area contributed by atoms with Crippen LogP contribution < -0.4 is 0 Å². The number of hydrogen-bond acceptors (Lipinski definition) is 1. The maximum atomic E-state index is 10.0. The largest absolute Gasteiger partial charge is 0.388 e. The molecular formula is C17H26O. The van der Waals surface area contributed by atoms with Crippen LogP contribution in [0.15, 0.2) is 18.2 Å². The first-order chi connectivity index (χ1) is 8.28. The average Bonchev–Trinajstić information content (AvgIpc) is 2.34. The number of benzene rings is 1. The Morgan fingerprint density at radius 2 is 1.61 bits per heavy atom. The first-order valence-electron chi connectivity index (χ1n) is 7.11. The Hall–Kier alpha value is -0.820. The number of aliphatic hydroxyl groups is 1. The zero-order valence-corrected chi connectivity index (χ0v) is 12.4. The first kappa shape index (κ1) is 13.6. The topological polar surface area (TPSA) is 20.2 Å². The van der Waals surface area contributed by atoms with Crippen molar-refractivity contribution in [2.75, 3.05) is 0 Å². The maximum Gasteiger partial charge on any atom is 0.0787 e. The molecule has 1 nitrogen and oxygen atoms in total. The van der Waals surface area contributed by atoms with Crippen molar-refractivity contribution in [1.29, 1.82) is 0 Å². The van der Waals surface area contributed by atoms with Gasteiger partial charge in [-0.2, -0.15) is 0 Å². The van der Waals surface area contributed by atoms with Gasteiger partial charge in [-0.05, 0) is 46.8 Å². The number of hydrogen-bond donors (Lipinski definition) is 1. The highest BCUT2D eigenvalue weighted by atomic mass is 16.3. The molecule has 2 rings (SSSR count). The fraction of sp³-hybridized carbons (Fsp3) is 0.647. The van der Waals surface area contributed by atoms with E-state index in [-0.39, 0.29) is 16.9 Å². The first-order valence-corrected chi connectivity index (χ1v) is 7.11. The lowest BCUT2D eigenvalue weighted by molar-refractivity contribution is 0.173. The van der Waals surface area contributed by atoms with E-state index in [2.05, 4.69) is 45.9 Å². The van der Waals surface area contributed by atoms with E-state index in [1.54, 1.807) is 0 Å². The molecule has 0 fully saturated rings. The zero-order valence-electron chi connectivity index (χ0n) is 12.4. The lowest BCUT2D eigenvalue weighted by atomic mass is 9.63. The van der Waals surface area contributed by atoms with E-state index < -0.39 is 0 Å². The SMILES string of the molecule is CCC(O)c1ccc2c(c1)C(C)(C)CCC2(C)C. The molecule has 0 spiro atoms. The van der Waals surface area contributed by atoms with E-state index in [1.807, 2.05) is 6.92 Å². The van der Waals surface area contributed by atoms with E-state index in [1.165, 1.54) is 24.0 Å². The molecule has 18 heavy (non-hydrogen) atoms. The van der Waals surface area contributed by atoms with Crippen molar-refractivity contribution in [3.05, 3.63) is 34.9 Å². The van der Waals surface area contributed by atoms with Gasteiger partial charge >= 0.3 is 0 Å². The molecule has 100 valence electrons. The Labute approximate surface area is 111 Å². The number of aliphatic hydroxyl groups excluding tert-OH is 1. The highest BCUT2D eigenvalue weighted by molar-refractivity contribution is 5.44. The molecule has 1 N–H and O–H groups in total. The van der Waals surface area contributed by atoms with E-state index in [4.69, 9.17) is 0 Å². The number of fused-ring (bicyclic) bond motifs is 1. The summed E-state index contributed by atoms with van der Waals surface area (Å²) in [5, 5.41) is 10.0.